The predicted molar refractivity (Wildman–Crippen MR) is 173 cm³/mol. The summed E-state index contributed by atoms with van der Waals surface area (Å²) in [6.45, 7) is 8.03. The number of fused-ring (bicyclic) bond motifs is 6. The van der Waals surface area contributed by atoms with Crippen LogP contribution < -0.4 is 0 Å². The summed E-state index contributed by atoms with van der Waals surface area (Å²) in [5, 5.41) is 4.60. The van der Waals surface area contributed by atoms with Crippen molar-refractivity contribution in [2.24, 2.45) is 0 Å². The van der Waals surface area contributed by atoms with Crippen LogP contribution in [0.5, 0.6) is 0 Å². The minimum absolute atomic E-state index is 0. The summed E-state index contributed by atoms with van der Waals surface area (Å²) in [4.78, 5) is 24.3. The van der Waals surface area contributed by atoms with E-state index in [9.17, 15) is 0 Å². The second kappa shape index (κ2) is 22.8. The fraction of sp³-hybridized carbons (Fsp3) is 0.143. The minimum atomic E-state index is 0. The number of rotatable bonds is 0. The van der Waals surface area contributed by atoms with E-state index in [0.717, 1.165) is 66.4 Å². The molecule has 2 aromatic carbocycles. The van der Waals surface area contributed by atoms with Crippen LogP contribution in [0, 0.1) is 27.7 Å². The third kappa shape index (κ3) is 12.9. The molecule has 0 aliphatic rings. The summed E-state index contributed by atoms with van der Waals surface area (Å²) in [5.74, 6) is 0. The number of aromatic nitrogens is 4. The number of benzene rings is 2. The summed E-state index contributed by atoms with van der Waals surface area (Å²) in [5.41, 5.74) is 62.1. The molecule has 2 radical (unpaired) electrons. The molecular weight excluding hydrogens is 678 g/mol. The Morgan fingerprint density at radius 2 is 0.457 bits per heavy atom. The molecule has 0 saturated carbocycles. The van der Waals surface area contributed by atoms with E-state index in [1.807, 2.05) is 52.0 Å². The van der Waals surface area contributed by atoms with Crippen molar-refractivity contribution in [2.75, 3.05) is 0 Å². The molecule has 0 amide bonds. The summed E-state index contributed by atoms with van der Waals surface area (Å²) < 4.78 is 0. The van der Waals surface area contributed by atoms with E-state index in [2.05, 4.69) is 68.5 Å². The van der Waals surface area contributed by atoms with Gasteiger partial charge in [0, 0.05) is 44.3 Å². The van der Waals surface area contributed by atoms with Crippen molar-refractivity contribution < 1.29 is 33.6 Å². The molecule has 6 rings (SSSR count). The smallest absolute Gasteiger partial charge is 0.373 e. The summed E-state index contributed by atoms with van der Waals surface area (Å²) >= 11 is 0. The summed E-state index contributed by atoms with van der Waals surface area (Å²) in [6, 6.07) is 24.9. The van der Waals surface area contributed by atoms with Crippen molar-refractivity contribution in [3.05, 3.63) is 159 Å². The third-order valence-corrected chi connectivity index (χ3v) is 5.60. The predicted octanol–water partition coefficient (Wildman–Crippen LogP) is 10.3. The molecule has 6 aromatic rings. The van der Waals surface area contributed by atoms with Crippen LogP contribution in [0.2, 0.25) is 0 Å². The molecule has 4 heterocycles. The van der Waals surface area contributed by atoms with Crippen molar-refractivity contribution >= 4 is 43.6 Å². The average Bonchev–Trinajstić information content (AvgIpc) is 2.99. The Hall–Kier alpha value is -5.67. The van der Waals surface area contributed by atoms with Crippen molar-refractivity contribution in [1.29, 1.82) is 0 Å². The average molecular weight is 702 g/mol. The molecule has 0 unspecified atom stereocenters. The van der Waals surface area contributed by atoms with Crippen molar-refractivity contribution in [2.45, 2.75) is 27.7 Å². The van der Waals surface area contributed by atoms with Crippen molar-refractivity contribution in [1.82, 2.24) is 19.9 Å². The van der Waals surface area contributed by atoms with Crippen LogP contribution in [0.3, 0.4) is 0 Å². The number of aryl methyl sites for hydroxylation is 4. The Bertz CT molecular complexity index is 1730. The van der Waals surface area contributed by atoms with Gasteiger partial charge < -0.3 is 44.2 Å². The van der Waals surface area contributed by atoms with E-state index >= 15 is 0 Å². The van der Waals surface area contributed by atoms with Crippen LogP contribution >= 0.6 is 0 Å². The van der Waals surface area contributed by atoms with Gasteiger partial charge in [-0.1, -0.05) is 48.5 Å². The Kier molecular flexibility index (Phi) is 21.1. The molecule has 16 nitrogen and oxygen atoms in total. The molecule has 0 atom stereocenters. The SMILES string of the molecule is Cc1ccc2ccc3ccc(C)nc3c2n1.Cc1ccc2ccc3ccc(C)nc3c2n1.[Co+2].[Co+2].[N-]=[N+]=[N-].[N-]=[N+]=[N-].[N-]=[N+]=[N-].[N-]=[N+]=[N-]. The zero-order chi connectivity index (χ0) is 33.1. The fourth-order valence-electron chi connectivity index (χ4n) is 3.93. The number of hydrogen-bond donors (Lipinski definition) is 0. The van der Waals surface area contributed by atoms with Crippen LogP contribution in [0.25, 0.3) is 108 Å². The standard InChI is InChI=1S/2C14H12N2.2Co.4N3/c2*1-9-3-5-11-7-8-12-6-4-10(2)16-14(12)13(11)15-9;;;4*1-3-2/h2*3-8H,1-2H3;;;;;;/q;;2*+2;4*-1. The quantitative estimate of drug-likeness (QED) is 0.0645. The topological polar surface area (TPSA) is 286 Å². The van der Waals surface area contributed by atoms with Gasteiger partial charge in [0.2, 0.25) is 0 Å². The molecule has 0 aliphatic heterocycles. The summed E-state index contributed by atoms with van der Waals surface area (Å²) in [6.07, 6.45) is 0. The van der Waals surface area contributed by atoms with Gasteiger partial charge in [0.15, 0.2) is 0 Å². The minimum Gasteiger partial charge on any atom is -0.373 e. The van der Waals surface area contributed by atoms with Gasteiger partial charge in [-0.25, -0.2) is 0 Å². The van der Waals surface area contributed by atoms with E-state index < -0.39 is 0 Å². The monoisotopic (exact) mass is 702 g/mol. The van der Waals surface area contributed by atoms with Crippen molar-refractivity contribution in [3.8, 4) is 0 Å². The first kappa shape index (κ1) is 42.5. The third-order valence-electron chi connectivity index (χ3n) is 5.60. The number of pyridine rings is 4. The first-order valence-corrected chi connectivity index (χ1v) is 12.4. The maximum atomic E-state index is 6.75. The number of nitrogens with zero attached hydrogens (tertiary/aromatic N) is 16. The van der Waals surface area contributed by atoms with Crippen LogP contribution in [-0.2, 0) is 33.6 Å². The molecule has 4 aromatic heterocycles. The first-order chi connectivity index (χ1) is 21.1. The van der Waals surface area contributed by atoms with E-state index in [1.165, 1.54) is 19.6 Å². The van der Waals surface area contributed by atoms with Gasteiger partial charge in [0.05, 0.1) is 22.1 Å². The molecule has 0 N–H and O–H groups in total. The maximum absolute atomic E-state index is 6.75. The Labute approximate surface area is 283 Å². The van der Waals surface area contributed by atoms with Crippen LogP contribution in [0.1, 0.15) is 22.8 Å². The van der Waals surface area contributed by atoms with Crippen molar-refractivity contribution in [3.63, 3.8) is 0 Å². The van der Waals surface area contributed by atoms with Gasteiger partial charge in [-0.15, -0.1) is 0 Å². The van der Waals surface area contributed by atoms with Crippen LogP contribution in [-0.4, -0.2) is 19.9 Å². The van der Waals surface area contributed by atoms with Gasteiger partial charge in [0.25, 0.3) is 0 Å². The zero-order valence-electron chi connectivity index (χ0n) is 24.8. The molecule has 0 fully saturated rings. The van der Waals surface area contributed by atoms with Gasteiger partial charge in [-0.05, 0) is 52.0 Å². The zero-order valence-corrected chi connectivity index (χ0v) is 26.8. The molecule has 46 heavy (non-hydrogen) atoms. The van der Waals surface area contributed by atoms with E-state index in [1.54, 1.807) is 0 Å². The first-order valence-electron chi connectivity index (χ1n) is 12.4. The summed E-state index contributed by atoms with van der Waals surface area (Å²) in [7, 11) is 0. The van der Waals surface area contributed by atoms with Crippen LogP contribution in [0.4, 0.5) is 0 Å². The maximum Gasteiger partial charge on any atom is 2.00 e. The Morgan fingerprint density at radius 3 is 0.609 bits per heavy atom. The van der Waals surface area contributed by atoms with Gasteiger partial charge in [0.1, 0.15) is 0 Å². The number of hydrogen-bond acceptors (Lipinski definition) is 4. The molecule has 0 bridgehead atoms. The van der Waals surface area contributed by atoms with Gasteiger partial charge in [-0.2, -0.15) is 0 Å². The van der Waals surface area contributed by atoms with E-state index in [-0.39, 0.29) is 33.6 Å². The molecule has 234 valence electrons. The van der Waals surface area contributed by atoms with E-state index in [4.69, 9.17) is 44.2 Å². The molecular formula is C28H24Co2N16. The molecule has 0 saturated heterocycles. The van der Waals surface area contributed by atoms with Gasteiger partial charge >= 0.3 is 33.6 Å². The Morgan fingerprint density at radius 1 is 0.326 bits per heavy atom. The van der Waals surface area contributed by atoms with E-state index in [0.29, 0.717) is 0 Å². The molecule has 0 aliphatic carbocycles. The molecule has 18 heteroatoms. The largest absolute Gasteiger partial charge is 2.00 e. The van der Waals surface area contributed by atoms with Gasteiger partial charge in [-0.3, -0.25) is 39.6 Å². The normalized spacial score (nSPS) is 8.43. The second-order valence-corrected chi connectivity index (χ2v) is 8.59. The fourth-order valence-corrected chi connectivity index (χ4v) is 3.93. The van der Waals surface area contributed by atoms with Crippen LogP contribution in [0.15, 0.2) is 72.8 Å². The second-order valence-electron chi connectivity index (χ2n) is 8.59. The molecule has 0 spiro atoms. The Balaban J connectivity index is 0.